The second kappa shape index (κ2) is 8.48. The Morgan fingerprint density at radius 2 is 2.04 bits per heavy atom. The third kappa shape index (κ3) is 4.93. The molecule has 1 aromatic carbocycles. The number of carbonyl (C=O) groups excluding carboxylic acids is 1. The molecule has 0 bridgehead atoms. The van der Waals surface area contributed by atoms with Crippen molar-refractivity contribution in [1.82, 2.24) is 9.21 Å². The molecule has 27 heavy (non-hydrogen) atoms. The highest BCUT2D eigenvalue weighted by molar-refractivity contribution is 7.88. The van der Waals surface area contributed by atoms with Crippen molar-refractivity contribution in [2.75, 3.05) is 26.1 Å². The second-order valence-corrected chi connectivity index (χ2v) is 9.16. The van der Waals surface area contributed by atoms with Crippen LogP contribution in [0.4, 0.5) is 0 Å². The topological polar surface area (TPSA) is 76.2 Å². The average molecular weight is 397 g/mol. The third-order valence-corrected chi connectivity index (χ3v) is 6.51. The average Bonchev–Trinajstić information content (AvgIpc) is 3.11. The van der Waals surface area contributed by atoms with Crippen LogP contribution in [0.25, 0.3) is 0 Å². The molecule has 7 nitrogen and oxygen atoms in total. The van der Waals surface area contributed by atoms with Gasteiger partial charge in [0.15, 0.2) is 11.5 Å². The maximum absolute atomic E-state index is 12.7. The lowest BCUT2D eigenvalue weighted by Gasteiger charge is -2.35. The number of piperidine rings is 1. The summed E-state index contributed by atoms with van der Waals surface area (Å²) in [4.78, 5) is 14.6. The number of carbonyl (C=O) groups is 1. The van der Waals surface area contributed by atoms with Gasteiger partial charge >= 0.3 is 0 Å². The molecule has 2 aliphatic rings. The SMILES string of the molecule is CCC1CCCCN1C(=O)CCN(Cc1ccc2c(c1)OCO2)S(C)(=O)=O. The van der Waals surface area contributed by atoms with Gasteiger partial charge in [0.1, 0.15) is 0 Å². The maximum atomic E-state index is 12.7. The molecule has 1 unspecified atom stereocenters. The number of sulfonamides is 1. The van der Waals surface area contributed by atoms with E-state index >= 15 is 0 Å². The van der Waals surface area contributed by atoms with Gasteiger partial charge in [0.25, 0.3) is 0 Å². The standard InChI is InChI=1S/C19H28N2O5S/c1-3-16-6-4-5-10-21(16)19(22)9-11-20(27(2,23)24)13-15-7-8-17-18(12-15)26-14-25-17/h7-8,12,16H,3-6,9-11,13-14H2,1-2H3. The van der Waals surface area contributed by atoms with Gasteiger partial charge in [-0.3, -0.25) is 4.79 Å². The van der Waals surface area contributed by atoms with E-state index in [1.54, 1.807) is 12.1 Å². The second-order valence-electron chi connectivity index (χ2n) is 7.18. The van der Waals surface area contributed by atoms with E-state index in [9.17, 15) is 13.2 Å². The van der Waals surface area contributed by atoms with E-state index in [0.717, 1.165) is 37.8 Å². The van der Waals surface area contributed by atoms with Crippen molar-refractivity contribution in [3.63, 3.8) is 0 Å². The highest BCUT2D eigenvalue weighted by atomic mass is 32.2. The number of benzene rings is 1. The van der Waals surface area contributed by atoms with Crippen molar-refractivity contribution >= 4 is 15.9 Å². The Kier molecular flexibility index (Phi) is 6.26. The summed E-state index contributed by atoms with van der Waals surface area (Å²) in [5, 5.41) is 0. The molecular formula is C19H28N2O5S. The van der Waals surface area contributed by atoms with Crippen LogP contribution in [-0.2, 0) is 21.4 Å². The van der Waals surface area contributed by atoms with Crippen molar-refractivity contribution in [2.24, 2.45) is 0 Å². The third-order valence-electron chi connectivity index (χ3n) is 5.26. The van der Waals surface area contributed by atoms with E-state index in [-0.39, 0.29) is 38.3 Å². The molecule has 1 amide bonds. The predicted octanol–water partition coefficient (Wildman–Crippen LogP) is 2.36. The predicted molar refractivity (Wildman–Crippen MR) is 102 cm³/mol. The van der Waals surface area contributed by atoms with E-state index in [4.69, 9.17) is 9.47 Å². The molecule has 150 valence electrons. The number of likely N-dealkylation sites (tertiary alicyclic amines) is 1. The summed E-state index contributed by atoms with van der Waals surface area (Å²) in [6.07, 6.45) is 5.54. The molecule has 0 radical (unpaired) electrons. The smallest absolute Gasteiger partial charge is 0.231 e. The fourth-order valence-electron chi connectivity index (χ4n) is 3.72. The Morgan fingerprint density at radius 3 is 2.78 bits per heavy atom. The lowest BCUT2D eigenvalue weighted by molar-refractivity contribution is -0.135. The van der Waals surface area contributed by atoms with Crippen molar-refractivity contribution in [2.45, 2.75) is 51.6 Å². The van der Waals surface area contributed by atoms with Crippen LogP contribution >= 0.6 is 0 Å². The lowest BCUT2D eigenvalue weighted by atomic mass is 9.99. The molecule has 0 spiro atoms. The van der Waals surface area contributed by atoms with Gasteiger partial charge in [-0.2, -0.15) is 4.31 Å². The maximum Gasteiger partial charge on any atom is 0.231 e. The van der Waals surface area contributed by atoms with Gasteiger partial charge in [0.05, 0.1) is 6.26 Å². The molecule has 0 saturated carbocycles. The number of amides is 1. The van der Waals surface area contributed by atoms with Crippen LogP contribution in [0.3, 0.4) is 0 Å². The van der Waals surface area contributed by atoms with Crippen molar-refractivity contribution < 1.29 is 22.7 Å². The molecule has 3 rings (SSSR count). The van der Waals surface area contributed by atoms with Gasteiger partial charge in [-0.1, -0.05) is 13.0 Å². The van der Waals surface area contributed by atoms with Crippen molar-refractivity contribution in [3.8, 4) is 11.5 Å². The number of hydrogen-bond donors (Lipinski definition) is 0. The number of fused-ring (bicyclic) bond motifs is 1. The molecule has 1 saturated heterocycles. The van der Waals surface area contributed by atoms with Crippen LogP contribution in [0.1, 0.15) is 44.6 Å². The summed E-state index contributed by atoms with van der Waals surface area (Å²) in [5.41, 5.74) is 0.807. The number of hydrogen-bond acceptors (Lipinski definition) is 5. The molecule has 0 N–H and O–H groups in total. The minimum Gasteiger partial charge on any atom is -0.454 e. The van der Waals surface area contributed by atoms with E-state index in [2.05, 4.69) is 6.92 Å². The first-order chi connectivity index (χ1) is 12.9. The molecule has 8 heteroatoms. The summed E-state index contributed by atoms with van der Waals surface area (Å²) in [5.74, 6) is 1.33. The van der Waals surface area contributed by atoms with Crippen molar-refractivity contribution in [3.05, 3.63) is 23.8 Å². The Morgan fingerprint density at radius 1 is 1.26 bits per heavy atom. The van der Waals surface area contributed by atoms with Gasteiger partial charge in [-0.25, -0.2) is 8.42 Å². The van der Waals surface area contributed by atoms with Crippen LogP contribution < -0.4 is 9.47 Å². The van der Waals surface area contributed by atoms with E-state index in [1.807, 2.05) is 11.0 Å². The molecular weight excluding hydrogens is 368 g/mol. The largest absolute Gasteiger partial charge is 0.454 e. The Balaban J connectivity index is 1.64. The number of rotatable bonds is 7. The summed E-state index contributed by atoms with van der Waals surface area (Å²) in [7, 11) is -3.43. The zero-order valence-electron chi connectivity index (χ0n) is 16.0. The first kappa shape index (κ1) is 19.9. The molecule has 2 heterocycles. The molecule has 0 aliphatic carbocycles. The molecule has 1 fully saturated rings. The van der Waals surface area contributed by atoms with E-state index in [0.29, 0.717) is 11.5 Å². The first-order valence-corrected chi connectivity index (χ1v) is 11.4. The van der Waals surface area contributed by atoms with Crippen LogP contribution in [0.2, 0.25) is 0 Å². The minimum atomic E-state index is -3.43. The number of ether oxygens (including phenoxy) is 2. The Hall–Kier alpha value is -1.80. The van der Waals surface area contributed by atoms with Gasteiger partial charge in [-0.15, -0.1) is 0 Å². The zero-order valence-corrected chi connectivity index (χ0v) is 16.8. The van der Waals surface area contributed by atoms with Crippen LogP contribution in [0, 0.1) is 0 Å². The van der Waals surface area contributed by atoms with Gasteiger partial charge < -0.3 is 14.4 Å². The fourth-order valence-corrected chi connectivity index (χ4v) is 4.53. The monoisotopic (exact) mass is 396 g/mol. The summed E-state index contributed by atoms with van der Waals surface area (Å²) in [6, 6.07) is 5.68. The summed E-state index contributed by atoms with van der Waals surface area (Å²) in [6.45, 7) is 3.44. The first-order valence-electron chi connectivity index (χ1n) is 9.51. The summed E-state index contributed by atoms with van der Waals surface area (Å²) < 4.78 is 36.4. The van der Waals surface area contributed by atoms with Gasteiger partial charge in [-0.05, 0) is 43.4 Å². The van der Waals surface area contributed by atoms with Gasteiger partial charge in [0, 0.05) is 32.1 Å². The van der Waals surface area contributed by atoms with E-state index < -0.39 is 10.0 Å². The normalized spacial score (nSPS) is 19.5. The molecule has 0 aromatic heterocycles. The van der Waals surface area contributed by atoms with Crippen LogP contribution in [0.5, 0.6) is 11.5 Å². The Labute approximate surface area is 161 Å². The molecule has 1 atom stereocenters. The minimum absolute atomic E-state index is 0.0425. The highest BCUT2D eigenvalue weighted by Gasteiger charge is 2.27. The van der Waals surface area contributed by atoms with Crippen molar-refractivity contribution in [1.29, 1.82) is 0 Å². The zero-order chi connectivity index (χ0) is 19.4. The number of nitrogens with zero attached hydrogens (tertiary/aromatic N) is 2. The quantitative estimate of drug-likeness (QED) is 0.707. The van der Waals surface area contributed by atoms with Crippen LogP contribution in [0.15, 0.2) is 18.2 Å². The Bertz CT molecular complexity index is 780. The molecule has 1 aromatic rings. The molecule has 2 aliphatic heterocycles. The lowest BCUT2D eigenvalue weighted by Crippen LogP contribution is -2.44. The van der Waals surface area contributed by atoms with Gasteiger partial charge in [0.2, 0.25) is 22.7 Å². The highest BCUT2D eigenvalue weighted by Crippen LogP contribution is 2.33. The summed E-state index contributed by atoms with van der Waals surface area (Å²) >= 11 is 0. The fraction of sp³-hybridized carbons (Fsp3) is 0.632. The van der Waals surface area contributed by atoms with E-state index in [1.165, 1.54) is 10.6 Å². The van der Waals surface area contributed by atoms with Crippen LogP contribution in [-0.4, -0.2) is 55.7 Å².